The Bertz CT molecular complexity index is 1680. The molecule has 1 aliphatic carbocycles. The number of amides is 2. The van der Waals surface area contributed by atoms with Crippen molar-refractivity contribution in [2.24, 2.45) is 0 Å². The first-order valence-corrected chi connectivity index (χ1v) is 19.5. The van der Waals surface area contributed by atoms with Gasteiger partial charge in [0.05, 0.1) is 0 Å². The summed E-state index contributed by atoms with van der Waals surface area (Å²) in [6.07, 6.45) is 38.5. The second-order valence-electron chi connectivity index (χ2n) is 14.9. The summed E-state index contributed by atoms with van der Waals surface area (Å²) in [7, 11) is 0. The van der Waals surface area contributed by atoms with Crippen LogP contribution in [-0.2, 0) is 15.6 Å². The summed E-state index contributed by atoms with van der Waals surface area (Å²) in [5.41, 5.74) is 4.82. The van der Waals surface area contributed by atoms with Gasteiger partial charge in [-0.3, -0.25) is 14.4 Å². The van der Waals surface area contributed by atoms with Crippen LogP contribution < -0.4 is 10.6 Å². The monoisotopic (exact) mass is 714 g/mol. The lowest BCUT2D eigenvalue weighted by Crippen LogP contribution is -2.34. The second-order valence-corrected chi connectivity index (χ2v) is 14.9. The van der Waals surface area contributed by atoms with E-state index in [1.54, 1.807) is 24.3 Å². The van der Waals surface area contributed by atoms with E-state index in [1.807, 2.05) is 24.3 Å². The van der Waals surface area contributed by atoms with Crippen molar-refractivity contribution >= 4 is 23.7 Å². The van der Waals surface area contributed by atoms with Gasteiger partial charge < -0.3 is 10.6 Å². The zero-order valence-electron chi connectivity index (χ0n) is 32.8. The number of benzene rings is 2. The van der Waals surface area contributed by atoms with Crippen molar-refractivity contribution in [1.82, 2.24) is 10.6 Å². The standard InChI is InChI=1S/C48H62N2O3/c1-6-7-8-9-10-11-12-13-14-15-16-17-18-19-20-21-22-23-24-25-45(52)49-36-37-50-46(53)40-29-26-39(27-30-40)28-33-44(51)41-31-32-42-43(38-41)48(4,5)35-34-47(42,2)3/h7-8,10-11,13-14,16-17,19-20,22-23,26-33,38H,6,9,12,15,18,21,24-25,34-37H2,1-5H3,(H,49,52)(H,50,53). The Hall–Kier alpha value is -4.77. The summed E-state index contributed by atoms with van der Waals surface area (Å²) < 4.78 is 0. The molecule has 0 unspecified atom stereocenters. The lowest BCUT2D eigenvalue weighted by atomic mass is 9.63. The van der Waals surface area contributed by atoms with E-state index in [0.29, 0.717) is 37.1 Å². The van der Waals surface area contributed by atoms with Crippen molar-refractivity contribution in [1.29, 1.82) is 0 Å². The summed E-state index contributed by atoms with van der Waals surface area (Å²) >= 11 is 0. The van der Waals surface area contributed by atoms with E-state index in [1.165, 1.54) is 11.1 Å². The van der Waals surface area contributed by atoms with Gasteiger partial charge in [-0.15, -0.1) is 0 Å². The maximum absolute atomic E-state index is 13.1. The molecule has 5 heteroatoms. The van der Waals surface area contributed by atoms with E-state index in [2.05, 4.69) is 124 Å². The van der Waals surface area contributed by atoms with E-state index in [9.17, 15) is 14.4 Å². The topological polar surface area (TPSA) is 75.3 Å². The molecule has 0 saturated heterocycles. The van der Waals surface area contributed by atoms with Gasteiger partial charge in [-0.2, -0.15) is 0 Å². The Balaban J connectivity index is 1.26. The normalized spacial score (nSPS) is 15.5. The third-order valence-electron chi connectivity index (χ3n) is 9.60. The molecule has 2 aromatic rings. The highest BCUT2D eigenvalue weighted by molar-refractivity contribution is 6.07. The molecule has 2 amide bonds. The molecule has 1 aliphatic rings. The van der Waals surface area contributed by atoms with Crippen LogP contribution >= 0.6 is 0 Å². The van der Waals surface area contributed by atoms with Crippen LogP contribution in [0.15, 0.2) is 121 Å². The number of hydrogen-bond donors (Lipinski definition) is 2. The highest BCUT2D eigenvalue weighted by Crippen LogP contribution is 2.45. The van der Waals surface area contributed by atoms with Crippen molar-refractivity contribution in [2.45, 2.75) is 110 Å². The molecule has 3 rings (SSSR count). The van der Waals surface area contributed by atoms with Crippen LogP contribution in [0.2, 0.25) is 0 Å². The maximum atomic E-state index is 13.1. The summed E-state index contributed by atoms with van der Waals surface area (Å²) in [5.74, 6) is -0.274. The largest absolute Gasteiger partial charge is 0.354 e. The van der Waals surface area contributed by atoms with Crippen LogP contribution in [0.1, 0.15) is 136 Å². The van der Waals surface area contributed by atoms with Crippen LogP contribution in [-0.4, -0.2) is 30.7 Å². The molecule has 2 N–H and O–H groups in total. The van der Waals surface area contributed by atoms with Gasteiger partial charge in [0.1, 0.15) is 0 Å². The van der Waals surface area contributed by atoms with Crippen molar-refractivity contribution in [3.8, 4) is 0 Å². The van der Waals surface area contributed by atoms with Crippen molar-refractivity contribution < 1.29 is 14.4 Å². The minimum absolute atomic E-state index is 0.0341. The summed E-state index contributed by atoms with van der Waals surface area (Å²) in [5, 5.41) is 5.71. The van der Waals surface area contributed by atoms with Crippen LogP contribution in [0.5, 0.6) is 0 Å². The molecule has 0 saturated carbocycles. The molecule has 0 spiro atoms. The average Bonchev–Trinajstić information content (AvgIpc) is 3.15. The van der Waals surface area contributed by atoms with Gasteiger partial charge in [0.15, 0.2) is 5.78 Å². The molecule has 53 heavy (non-hydrogen) atoms. The smallest absolute Gasteiger partial charge is 0.251 e. The fraction of sp³-hybridized carbons (Fsp3) is 0.396. The zero-order chi connectivity index (χ0) is 38.4. The quantitative estimate of drug-likeness (QED) is 0.0585. The fourth-order valence-corrected chi connectivity index (χ4v) is 6.18. The SMILES string of the molecule is CCC=CCC=CCC=CCC=CCC=CCC=CCCC(=O)NCCNC(=O)c1ccc(C=CC(=O)c2ccc3c(c2)C(C)(C)CCC3(C)C)cc1. The number of carbonyl (C=O) groups is 3. The zero-order valence-corrected chi connectivity index (χ0v) is 32.8. The molecule has 5 nitrogen and oxygen atoms in total. The molecule has 282 valence electrons. The first-order valence-electron chi connectivity index (χ1n) is 19.5. The van der Waals surface area contributed by atoms with E-state index in [0.717, 1.165) is 56.9 Å². The van der Waals surface area contributed by atoms with E-state index >= 15 is 0 Å². The van der Waals surface area contributed by atoms with Crippen molar-refractivity contribution in [3.63, 3.8) is 0 Å². The van der Waals surface area contributed by atoms with Crippen molar-refractivity contribution in [2.75, 3.05) is 13.1 Å². The highest BCUT2D eigenvalue weighted by Gasteiger charge is 2.37. The number of fused-ring (bicyclic) bond motifs is 1. The predicted molar refractivity (Wildman–Crippen MR) is 224 cm³/mol. The minimum atomic E-state index is -0.205. The number of carbonyl (C=O) groups excluding carboxylic acids is 3. The van der Waals surface area contributed by atoms with Gasteiger partial charge in [-0.1, -0.05) is 138 Å². The molecule has 0 fully saturated rings. The van der Waals surface area contributed by atoms with Gasteiger partial charge in [0.25, 0.3) is 5.91 Å². The van der Waals surface area contributed by atoms with E-state index < -0.39 is 0 Å². The predicted octanol–water partition coefficient (Wildman–Crippen LogP) is 11.3. The van der Waals surface area contributed by atoms with Gasteiger partial charge in [-0.25, -0.2) is 0 Å². The minimum Gasteiger partial charge on any atom is -0.354 e. The molecular formula is C48H62N2O3. The van der Waals surface area contributed by atoms with Gasteiger partial charge in [0.2, 0.25) is 5.91 Å². The molecule has 0 heterocycles. The Morgan fingerprint density at radius 3 is 1.66 bits per heavy atom. The van der Waals surface area contributed by atoms with Crippen LogP contribution in [0.25, 0.3) is 6.08 Å². The van der Waals surface area contributed by atoms with Gasteiger partial charge in [-0.05, 0) is 110 Å². The average molecular weight is 715 g/mol. The Labute approximate surface area is 319 Å². The highest BCUT2D eigenvalue weighted by atomic mass is 16.2. The summed E-state index contributed by atoms with van der Waals surface area (Å²) in [6.45, 7) is 11.9. The van der Waals surface area contributed by atoms with Gasteiger partial charge in [0, 0.05) is 30.6 Å². The summed E-state index contributed by atoms with van der Waals surface area (Å²) in [6, 6.07) is 13.3. The van der Waals surface area contributed by atoms with Crippen LogP contribution in [0, 0.1) is 0 Å². The summed E-state index contributed by atoms with van der Waals surface area (Å²) in [4.78, 5) is 37.8. The maximum Gasteiger partial charge on any atom is 0.251 e. The molecule has 0 aliphatic heterocycles. The Morgan fingerprint density at radius 1 is 0.604 bits per heavy atom. The number of rotatable bonds is 21. The number of nitrogens with one attached hydrogen (secondary N) is 2. The van der Waals surface area contributed by atoms with Crippen molar-refractivity contribution in [3.05, 3.63) is 149 Å². The fourth-order valence-electron chi connectivity index (χ4n) is 6.18. The number of hydrogen-bond acceptors (Lipinski definition) is 3. The Morgan fingerprint density at radius 2 is 1.09 bits per heavy atom. The molecule has 0 atom stereocenters. The first-order chi connectivity index (χ1) is 25.5. The third-order valence-corrected chi connectivity index (χ3v) is 9.60. The first kappa shape index (κ1) is 42.6. The lowest BCUT2D eigenvalue weighted by Gasteiger charge is -2.42. The molecule has 0 radical (unpaired) electrons. The number of ketones is 1. The molecular weight excluding hydrogens is 653 g/mol. The lowest BCUT2D eigenvalue weighted by molar-refractivity contribution is -0.120. The number of allylic oxidation sites excluding steroid dienone is 13. The molecule has 0 bridgehead atoms. The van der Waals surface area contributed by atoms with Gasteiger partial charge >= 0.3 is 0 Å². The second kappa shape index (κ2) is 23.0. The van der Waals surface area contributed by atoms with Crippen LogP contribution in [0.3, 0.4) is 0 Å². The van der Waals surface area contributed by atoms with E-state index in [-0.39, 0.29) is 28.4 Å². The molecule has 2 aromatic carbocycles. The molecule has 0 aromatic heterocycles. The van der Waals surface area contributed by atoms with E-state index in [4.69, 9.17) is 0 Å². The Kier molecular flexibility index (Phi) is 18.5. The van der Waals surface area contributed by atoms with Crippen LogP contribution in [0.4, 0.5) is 0 Å². The third kappa shape index (κ3) is 15.8.